The second-order valence-electron chi connectivity index (χ2n) is 5.91. The fraction of sp³-hybridized carbons (Fsp3) is 0.368. The van der Waals surface area contributed by atoms with Crippen LogP contribution in [0.3, 0.4) is 0 Å². The molecule has 2 heteroatoms. The molecule has 2 aromatic rings. The van der Waals surface area contributed by atoms with Crippen molar-refractivity contribution in [2.45, 2.75) is 31.7 Å². The highest BCUT2D eigenvalue weighted by Gasteiger charge is 2.31. The second-order valence-corrected chi connectivity index (χ2v) is 6.35. The third-order valence-electron chi connectivity index (χ3n) is 4.17. The van der Waals surface area contributed by atoms with Crippen LogP contribution in [0.1, 0.15) is 36.4 Å². The number of halogens is 1. The second kappa shape index (κ2) is 7.11. The molecule has 0 saturated heterocycles. The van der Waals surface area contributed by atoms with Gasteiger partial charge in [0.1, 0.15) is 0 Å². The molecule has 1 fully saturated rings. The summed E-state index contributed by atoms with van der Waals surface area (Å²) in [6.45, 7) is 1.07. The Hall–Kier alpha value is -1.31. The number of benzene rings is 2. The largest absolute Gasteiger partial charge is 0.310 e. The van der Waals surface area contributed by atoms with Crippen LogP contribution in [0.25, 0.3) is 0 Å². The van der Waals surface area contributed by atoms with E-state index < -0.39 is 0 Å². The quantitative estimate of drug-likeness (QED) is 0.708. The van der Waals surface area contributed by atoms with Crippen molar-refractivity contribution < 1.29 is 0 Å². The lowest BCUT2D eigenvalue weighted by molar-refractivity contribution is 0.475. The van der Waals surface area contributed by atoms with E-state index in [1.807, 2.05) is 12.1 Å². The van der Waals surface area contributed by atoms with Crippen LogP contribution < -0.4 is 5.32 Å². The molecule has 0 bridgehead atoms. The molecule has 1 aliphatic rings. The number of hydrogen-bond donors (Lipinski definition) is 1. The summed E-state index contributed by atoms with van der Waals surface area (Å²) in [7, 11) is 0. The summed E-state index contributed by atoms with van der Waals surface area (Å²) in [5.74, 6) is 0.808. The van der Waals surface area contributed by atoms with Gasteiger partial charge in [0.15, 0.2) is 0 Å². The van der Waals surface area contributed by atoms with E-state index in [0.29, 0.717) is 6.04 Å². The average Bonchev–Trinajstić information content (AvgIpc) is 3.34. The highest BCUT2D eigenvalue weighted by atomic mass is 35.5. The average molecular weight is 300 g/mol. The first-order valence-corrected chi connectivity index (χ1v) is 8.23. The van der Waals surface area contributed by atoms with E-state index in [1.165, 1.54) is 30.4 Å². The highest BCUT2D eigenvalue weighted by molar-refractivity contribution is 6.30. The van der Waals surface area contributed by atoms with Crippen molar-refractivity contribution in [1.82, 2.24) is 5.32 Å². The van der Waals surface area contributed by atoms with E-state index in [9.17, 15) is 0 Å². The maximum Gasteiger partial charge on any atom is 0.0406 e. The van der Waals surface area contributed by atoms with Crippen molar-refractivity contribution in [3.63, 3.8) is 0 Å². The van der Waals surface area contributed by atoms with E-state index in [2.05, 4.69) is 47.8 Å². The molecular weight excluding hydrogens is 278 g/mol. The van der Waals surface area contributed by atoms with E-state index in [4.69, 9.17) is 11.6 Å². The SMILES string of the molecule is Clc1ccc(C(NCCCc2ccccc2)C2CC2)cc1. The molecule has 1 nitrogen and oxygen atoms in total. The molecule has 21 heavy (non-hydrogen) atoms. The van der Waals surface area contributed by atoms with Crippen LogP contribution in [0.2, 0.25) is 5.02 Å². The normalized spacial score (nSPS) is 15.9. The maximum absolute atomic E-state index is 5.99. The molecule has 3 rings (SSSR count). The summed E-state index contributed by atoms with van der Waals surface area (Å²) < 4.78 is 0. The Morgan fingerprint density at radius 2 is 1.71 bits per heavy atom. The van der Waals surface area contributed by atoms with Gasteiger partial charge in [0, 0.05) is 11.1 Å². The maximum atomic E-state index is 5.99. The van der Waals surface area contributed by atoms with Crippen molar-refractivity contribution in [1.29, 1.82) is 0 Å². The topological polar surface area (TPSA) is 12.0 Å². The number of aryl methyl sites for hydroxylation is 1. The van der Waals surface area contributed by atoms with Gasteiger partial charge in [0.25, 0.3) is 0 Å². The molecule has 0 aromatic heterocycles. The molecule has 0 aliphatic heterocycles. The van der Waals surface area contributed by atoms with Gasteiger partial charge in [-0.05, 0) is 61.4 Å². The van der Waals surface area contributed by atoms with E-state index in [-0.39, 0.29) is 0 Å². The van der Waals surface area contributed by atoms with Gasteiger partial charge in [-0.15, -0.1) is 0 Å². The van der Waals surface area contributed by atoms with E-state index in [0.717, 1.165) is 23.9 Å². The van der Waals surface area contributed by atoms with Crippen LogP contribution in [0.4, 0.5) is 0 Å². The summed E-state index contributed by atoms with van der Waals surface area (Å²) in [6, 6.07) is 19.5. The molecular formula is C19H22ClN. The summed E-state index contributed by atoms with van der Waals surface area (Å²) in [5, 5.41) is 4.56. The van der Waals surface area contributed by atoms with Crippen LogP contribution in [0, 0.1) is 5.92 Å². The van der Waals surface area contributed by atoms with Crippen LogP contribution in [0.5, 0.6) is 0 Å². The summed E-state index contributed by atoms with van der Waals surface area (Å²) in [4.78, 5) is 0. The van der Waals surface area contributed by atoms with Gasteiger partial charge in [-0.1, -0.05) is 54.1 Å². The standard InChI is InChI=1S/C19H22ClN/c20-18-12-10-17(11-13-18)19(16-8-9-16)21-14-4-7-15-5-2-1-3-6-15/h1-3,5-6,10-13,16,19,21H,4,7-9,14H2. The van der Waals surface area contributed by atoms with Crippen LogP contribution in [0.15, 0.2) is 54.6 Å². The molecule has 0 heterocycles. The van der Waals surface area contributed by atoms with Gasteiger partial charge in [-0.2, -0.15) is 0 Å². The first-order chi connectivity index (χ1) is 10.3. The number of nitrogens with one attached hydrogen (secondary N) is 1. The molecule has 1 aliphatic carbocycles. The Balaban J connectivity index is 1.51. The molecule has 1 N–H and O–H groups in total. The highest BCUT2D eigenvalue weighted by Crippen LogP contribution is 2.41. The summed E-state index contributed by atoms with van der Waals surface area (Å²) in [6.07, 6.45) is 5.02. The van der Waals surface area contributed by atoms with Crippen molar-refractivity contribution in [3.8, 4) is 0 Å². The van der Waals surface area contributed by atoms with Crippen molar-refractivity contribution in [2.75, 3.05) is 6.54 Å². The Morgan fingerprint density at radius 3 is 2.38 bits per heavy atom. The van der Waals surface area contributed by atoms with E-state index >= 15 is 0 Å². The van der Waals surface area contributed by atoms with Gasteiger partial charge in [0.05, 0.1) is 0 Å². The fourth-order valence-corrected chi connectivity index (χ4v) is 2.98. The number of rotatable bonds is 7. The third-order valence-corrected chi connectivity index (χ3v) is 4.42. The smallest absolute Gasteiger partial charge is 0.0406 e. The van der Waals surface area contributed by atoms with Crippen LogP contribution >= 0.6 is 11.6 Å². The molecule has 2 aromatic carbocycles. The monoisotopic (exact) mass is 299 g/mol. The predicted molar refractivity (Wildman–Crippen MR) is 89.7 cm³/mol. The Bertz CT molecular complexity index is 546. The summed E-state index contributed by atoms with van der Waals surface area (Å²) >= 11 is 5.99. The van der Waals surface area contributed by atoms with Gasteiger partial charge in [-0.3, -0.25) is 0 Å². The Morgan fingerprint density at radius 1 is 1.00 bits per heavy atom. The lowest BCUT2D eigenvalue weighted by Crippen LogP contribution is -2.24. The minimum atomic E-state index is 0.498. The molecule has 0 spiro atoms. The van der Waals surface area contributed by atoms with Gasteiger partial charge >= 0.3 is 0 Å². The Labute approximate surface area is 132 Å². The van der Waals surface area contributed by atoms with Crippen molar-refractivity contribution in [2.24, 2.45) is 5.92 Å². The molecule has 0 amide bonds. The number of hydrogen-bond acceptors (Lipinski definition) is 1. The van der Waals surface area contributed by atoms with Crippen LogP contribution in [-0.4, -0.2) is 6.54 Å². The predicted octanol–water partition coefficient (Wildman–Crippen LogP) is 5.01. The molecule has 0 radical (unpaired) electrons. The minimum Gasteiger partial charge on any atom is -0.310 e. The van der Waals surface area contributed by atoms with Crippen LogP contribution in [-0.2, 0) is 6.42 Å². The zero-order valence-electron chi connectivity index (χ0n) is 12.3. The molecule has 1 unspecified atom stereocenters. The van der Waals surface area contributed by atoms with Gasteiger partial charge < -0.3 is 5.32 Å². The zero-order valence-corrected chi connectivity index (χ0v) is 13.0. The zero-order chi connectivity index (χ0) is 14.5. The first kappa shape index (κ1) is 14.6. The fourth-order valence-electron chi connectivity index (χ4n) is 2.85. The first-order valence-electron chi connectivity index (χ1n) is 7.86. The minimum absolute atomic E-state index is 0.498. The lowest BCUT2D eigenvalue weighted by Gasteiger charge is -2.19. The van der Waals surface area contributed by atoms with Crippen molar-refractivity contribution in [3.05, 3.63) is 70.7 Å². The molecule has 1 atom stereocenters. The van der Waals surface area contributed by atoms with Gasteiger partial charge in [-0.25, -0.2) is 0 Å². The Kier molecular flexibility index (Phi) is 4.95. The molecule has 1 saturated carbocycles. The third kappa shape index (κ3) is 4.33. The van der Waals surface area contributed by atoms with Crippen molar-refractivity contribution >= 4 is 11.6 Å². The van der Waals surface area contributed by atoms with Gasteiger partial charge in [0.2, 0.25) is 0 Å². The lowest BCUT2D eigenvalue weighted by atomic mass is 10.0. The van der Waals surface area contributed by atoms with E-state index in [1.54, 1.807) is 0 Å². The summed E-state index contributed by atoms with van der Waals surface area (Å²) in [5.41, 5.74) is 2.80. The molecule has 110 valence electrons.